The van der Waals surface area contributed by atoms with Crippen LogP contribution in [0.3, 0.4) is 0 Å². The summed E-state index contributed by atoms with van der Waals surface area (Å²) in [4.78, 5) is 9.38. The molecular formula is C3H5ClNNaO2. The average Bonchev–Trinajstić information content (AvgIpc) is 1.35. The second-order valence-electron chi connectivity index (χ2n) is 0.729. The summed E-state index contributed by atoms with van der Waals surface area (Å²) in [6, 6.07) is 1.47. The predicted octanol–water partition coefficient (Wildman–Crippen LogP) is -0.242. The van der Waals surface area contributed by atoms with Gasteiger partial charge in [0.2, 0.25) is 0 Å². The fourth-order valence-corrected chi connectivity index (χ4v) is 0.0676. The van der Waals surface area contributed by atoms with E-state index in [1.165, 1.54) is 6.07 Å². The Morgan fingerprint density at radius 1 is 1.75 bits per heavy atom. The van der Waals surface area contributed by atoms with Gasteiger partial charge in [0, 0.05) is 0 Å². The van der Waals surface area contributed by atoms with E-state index in [-0.39, 0.29) is 42.0 Å². The van der Waals surface area contributed by atoms with E-state index in [1.54, 1.807) is 0 Å². The molecule has 0 aliphatic carbocycles. The molecule has 0 aromatic carbocycles. The SMILES string of the molecule is Cl.N#CCC(=O)O.[NaH]. The third kappa shape index (κ3) is 16.3. The number of aliphatic carboxylic acids is 1. The van der Waals surface area contributed by atoms with Crippen LogP contribution in [0.15, 0.2) is 0 Å². The van der Waals surface area contributed by atoms with Crippen LogP contribution in [0.4, 0.5) is 0 Å². The molecule has 0 saturated carbocycles. The van der Waals surface area contributed by atoms with Gasteiger partial charge in [0.15, 0.2) is 0 Å². The van der Waals surface area contributed by atoms with E-state index in [0.29, 0.717) is 0 Å². The quantitative estimate of drug-likeness (QED) is 0.518. The molecule has 8 heavy (non-hydrogen) atoms. The Labute approximate surface area is 75.4 Å². The van der Waals surface area contributed by atoms with E-state index in [1.807, 2.05) is 0 Å². The Morgan fingerprint density at radius 3 is 2.12 bits per heavy atom. The molecule has 3 nitrogen and oxygen atoms in total. The fourth-order valence-electron chi connectivity index (χ4n) is 0.0676. The van der Waals surface area contributed by atoms with Gasteiger partial charge in [0.25, 0.3) is 0 Å². The molecule has 0 aromatic heterocycles. The number of nitriles is 1. The molecule has 0 radical (unpaired) electrons. The van der Waals surface area contributed by atoms with Gasteiger partial charge in [-0.15, -0.1) is 12.4 Å². The van der Waals surface area contributed by atoms with Gasteiger partial charge < -0.3 is 5.11 Å². The first-order valence-corrected chi connectivity index (χ1v) is 1.36. The monoisotopic (exact) mass is 145 g/mol. The van der Waals surface area contributed by atoms with Crippen molar-refractivity contribution < 1.29 is 9.90 Å². The molecule has 0 spiro atoms. The van der Waals surface area contributed by atoms with Crippen molar-refractivity contribution >= 4 is 47.9 Å². The van der Waals surface area contributed by atoms with Crippen molar-refractivity contribution in [1.29, 1.82) is 5.26 Å². The van der Waals surface area contributed by atoms with Gasteiger partial charge >= 0.3 is 35.5 Å². The first-order valence-electron chi connectivity index (χ1n) is 1.36. The van der Waals surface area contributed by atoms with Gasteiger partial charge in [-0.2, -0.15) is 5.26 Å². The topological polar surface area (TPSA) is 61.1 Å². The second kappa shape index (κ2) is 10.3. The van der Waals surface area contributed by atoms with Crippen LogP contribution in [-0.4, -0.2) is 40.6 Å². The Kier molecular flexibility index (Phi) is 20.2. The van der Waals surface area contributed by atoms with E-state index in [4.69, 9.17) is 10.4 Å². The minimum atomic E-state index is -1.07. The number of hydrogen-bond acceptors (Lipinski definition) is 2. The molecule has 0 saturated heterocycles. The Morgan fingerprint density at radius 2 is 2.12 bits per heavy atom. The van der Waals surface area contributed by atoms with Gasteiger partial charge in [-0.05, 0) is 0 Å². The Hall–Kier alpha value is 0.250. The Bertz CT molecular complexity index is 99.9. The van der Waals surface area contributed by atoms with E-state index in [9.17, 15) is 4.79 Å². The van der Waals surface area contributed by atoms with Crippen molar-refractivity contribution in [2.24, 2.45) is 0 Å². The van der Waals surface area contributed by atoms with Crippen LogP contribution in [0.2, 0.25) is 0 Å². The number of carbonyl (C=O) groups is 1. The van der Waals surface area contributed by atoms with Crippen molar-refractivity contribution in [3.05, 3.63) is 0 Å². The van der Waals surface area contributed by atoms with Crippen LogP contribution < -0.4 is 0 Å². The van der Waals surface area contributed by atoms with E-state index >= 15 is 0 Å². The summed E-state index contributed by atoms with van der Waals surface area (Å²) in [5.41, 5.74) is 0. The molecule has 0 amide bonds. The van der Waals surface area contributed by atoms with Crippen LogP contribution >= 0.6 is 12.4 Å². The van der Waals surface area contributed by atoms with Gasteiger partial charge in [-0.3, -0.25) is 4.79 Å². The van der Waals surface area contributed by atoms with E-state index in [0.717, 1.165) is 0 Å². The summed E-state index contributed by atoms with van der Waals surface area (Å²) in [5.74, 6) is -1.07. The molecule has 0 aromatic rings. The van der Waals surface area contributed by atoms with Crippen LogP contribution in [0.25, 0.3) is 0 Å². The number of carboxylic acid groups (broad SMARTS) is 1. The van der Waals surface area contributed by atoms with Crippen LogP contribution in [0.5, 0.6) is 0 Å². The summed E-state index contributed by atoms with van der Waals surface area (Å²) in [6.45, 7) is 0. The molecule has 0 unspecified atom stereocenters. The predicted molar refractivity (Wildman–Crippen MR) is 32.3 cm³/mol. The van der Waals surface area contributed by atoms with E-state index in [2.05, 4.69) is 0 Å². The molecule has 0 aliphatic rings. The number of hydrogen-bond donors (Lipinski definition) is 1. The van der Waals surface area contributed by atoms with Crippen molar-refractivity contribution in [3.63, 3.8) is 0 Å². The molecule has 42 valence electrons. The molecule has 0 fully saturated rings. The molecule has 0 atom stereocenters. The maximum absolute atomic E-state index is 9.38. The van der Waals surface area contributed by atoms with Gasteiger partial charge in [0.1, 0.15) is 6.42 Å². The minimum absolute atomic E-state index is 0. The summed E-state index contributed by atoms with van der Waals surface area (Å²) in [6.07, 6.45) is -0.403. The Balaban J connectivity index is -0.000000125. The normalized spacial score (nSPS) is 4.88. The second-order valence-corrected chi connectivity index (χ2v) is 0.729. The van der Waals surface area contributed by atoms with Crippen molar-refractivity contribution in [2.45, 2.75) is 6.42 Å². The zero-order chi connectivity index (χ0) is 4.99. The number of carboxylic acids is 1. The summed E-state index contributed by atoms with van der Waals surface area (Å²) >= 11 is 0. The summed E-state index contributed by atoms with van der Waals surface area (Å²) in [5, 5.41) is 15.3. The molecule has 0 heterocycles. The van der Waals surface area contributed by atoms with Crippen molar-refractivity contribution in [2.75, 3.05) is 0 Å². The third-order valence-electron chi connectivity index (χ3n) is 0.230. The number of nitrogens with zero attached hydrogens (tertiary/aromatic N) is 1. The zero-order valence-corrected chi connectivity index (χ0v) is 4.23. The van der Waals surface area contributed by atoms with Crippen molar-refractivity contribution in [3.8, 4) is 6.07 Å². The maximum atomic E-state index is 9.38. The first kappa shape index (κ1) is 15.7. The van der Waals surface area contributed by atoms with Gasteiger partial charge in [0.05, 0.1) is 6.07 Å². The molecular weight excluding hydrogens is 140 g/mol. The van der Waals surface area contributed by atoms with Crippen LogP contribution in [-0.2, 0) is 4.79 Å². The molecule has 1 N–H and O–H groups in total. The van der Waals surface area contributed by atoms with E-state index < -0.39 is 12.4 Å². The third-order valence-corrected chi connectivity index (χ3v) is 0.230. The zero-order valence-electron chi connectivity index (χ0n) is 3.42. The number of rotatable bonds is 1. The van der Waals surface area contributed by atoms with Crippen LogP contribution in [0.1, 0.15) is 6.42 Å². The van der Waals surface area contributed by atoms with Gasteiger partial charge in [-0.25, -0.2) is 0 Å². The van der Waals surface area contributed by atoms with Gasteiger partial charge in [-0.1, -0.05) is 0 Å². The summed E-state index contributed by atoms with van der Waals surface area (Å²) in [7, 11) is 0. The molecule has 0 aliphatic heterocycles. The van der Waals surface area contributed by atoms with Crippen molar-refractivity contribution in [1.82, 2.24) is 0 Å². The standard InChI is InChI=1S/C3H3NO2.ClH.Na.H/c4-2-1-3(5)6;;;/h1H2,(H,5,6);1H;;. The molecule has 0 bridgehead atoms. The first-order chi connectivity index (χ1) is 2.77. The summed E-state index contributed by atoms with van der Waals surface area (Å²) < 4.78 is 0. The fraction of sp³-hybridized carbons (Fsp3) is 0.333. The average molecular weight is 146 g/mol. The number of halogens is 1. The molecule has 0 rings (SSSR count). The molecule has 5 heteroatoms. The van der Waals surface area contributed by atoms with Crippen LogP contribution in [0, 0.1) is 11.3 Å².